The fourth-order valence-corrected chi connectivity index (χ4v) is 2.86. The van der Waals surface area contributed by atoms with E-state index in [0.717, 1.165) is 26.2 Å². The van der Waals surface area contributed by atoms with Crippen LogP contribution in [-0.2, 0) is 11.3 Å². The number of halogens is 1. The molecule has 1 atom stereocenters. The molecule has 2 aromatic heterocycles. The molecule has 21 heavy (non-hydrogen) atoms. The van der Waals surface area contributed by atoms with Gasteiger partial charge in [0.25, 0.3) is 0 Å². The van der Waals surface area contributed by atoms with Crippen LogP contribution >= 0.6 is 22.6 Å². The van der Waals surface area contributed by atoms with Gasteiger partial charge in [-0.3, -0.25) is 4.57 Å². The summed E-state index contributed by atoms with van der Waals surface area (Å²) in [4.78, 5) is 12.8. The molecule has 1 aliphatic heterocycles. The molecule has 1 aromatic carbocycles. The Bertz CT molecular complexity index is 778. The Balaban J connectivity index is 1.70. The van der Waals surface area contributed by atoms with Crippen LogP contribution in [-0.4, -0.2) is 26.1 Å². The molecular weight excluding hydrogens is 383 g/mol. The number of benzene rings is 1. The van der Waals surface area contributed by atoms with Gasteiger partial charge in [-0.15, -0.1) is 0 Å². The number of nitrogens with zero attached hydrogens (tertiary/aromatic N) is 4. The van der Waals surface area contributed by atoms with Crippen molar-refractivity contribution in [1.29, 1.82) is 0 Å². The first kappa shape index (κ1) is 13.0. The largest absolute Gasteiger partial charge is 0.488 e. The van der Waals surface area contributed by atoms with Crippen LogP contribution in [0.4, 0.5) is 0 Å². The lowest BCUT2D eigenvalue weighted by Crippen LogP contribution is -2.18. The molecule has 106 valence electrons. The number of hydrogen-bond donors (Lipinski definition) is 0. The van der Waals surface area contributed by atoms with E-state index in [1.54, 1.807) is 6.33 Å². The summed E-state index contributed by atoms with van der Waals surface area (Å²) >= 11 is 2.15. The van der Waals surface area contributed by atoms with E-state index in [-0.39, 0.29) is 6.23 Å². The number of ether oxygens (including phenoxy) is 2. The van der Waals surface area contributed by atoms with Crippen molar-refractivity contribution in [2.24, 2.45) is 0 Å². The molecule has 0 saturated heterocycles. The smallest absolute Gasteiger partial charge is 0.171 e. The van der Waals surface area contributed by atoms with Gasteiger partial charge in [0.2, 0.25) is 0 Å². The van der Waals surface area contributed by atoms with E-state index in [1.165, 1.54) is 6.33 Å². The van der Waals surface area contributed by atoms with Crippen LogP contribution in [0, 0.1) is 3.70 Å². The summed E-state index contributed by atoms with van der Waals surface area (Å²) in [5, 5.41) is 0. The Kier molecular flexibility index (Phi) is 3.23. The number of aromatic nitrogens is 4. The molecule has 0 amide bonds. The van der Waals surface area contributed by atoms with Crippen LogP contribution in [0.15, 0.2) is 36.9 Å². The van der Waals surface area contributed by atoms with Gasteiger partial charge in [-0.1, -0.05) is 18.2 Å². The van der Waals surface area contributed by atoms with Crippen LogP contribution in [0.1, 0.15) is 11.8 Å². The van der Waals surface area contributed by atoms with Crippen LogP contribution in [0.2, 0.25) is 0 Å². The van der Waals surface area contributed by atoms with Crippen molar-refractivity contribution in [3.8, 4) is 5.75 Å². The molecule has 4 rings (SSSR count). The van der Waals surface area contributed by atoms with Gasteiger partial charge in [0, 0.05) is 5.56 Å². The average Bonchev–Trinajstić information content (AvgIpc) is 2.83. The van der Waals surface area contributed by atoms with Crippen molar-refractivity contribution >= 4 is 33.8 Å². The van der Waals surface area contributed by atoms with E-state index >= 15 is 0 Å². The molecule has 3 aromatic rings. The minimum atomic E-state index is -0.256. The summed E-state index contributed by atoms with van der Waals surface area (Å²) in [6.07, 6.45) is 3.01. The standard InChI is InChI=1S/C14H11IN4O2/c15-13-12-14(17-7-16-13)19(8-18-12)11-6-20-10-4-2-1-3-9(10)5-21-11/h1-4,7-8,11H,5-6H2. The van der Waals surface area contributed by atoms with E-state index < -0.39 is 0 Å². The third-order valence-electron chi connectivity index (χ3n) is 3.41. The summed E-state index contributed by atoms with van der Waals surface area (Å²) in [7, 11) is 0. The summed E-state index contributed by atoms with van der Waals surface area (Å²) in [5.41, 5.74) is 2.59. The van der Waals surface area contributed by atoms with Gasteiger partial charge in [0.05, 0.1) is 12.9 Å². The number of imidazole rings is 1. The van der Waals surface area contributed by atoms with Crippen molar-refractivity contribution < 1.29 is 9.47 Å². The van der Waals surface area contributed by atoms with Crippen molar-refractivity contribution in [2.45, 2.75) is 12.8 Å². The Morgan fingerprint density at radius 1 is 1.19 bits per heavy atom. The Morgan fingerprint density at radius 2 is 2.10 bits per heavy atom. The summed E-state index contributed by atoms with van der Waals surface area (Å²) in [6, 6.07) is 7.91. The maximum atomic E-state index is 5.96. The highest BCUT2D eigenvalue weighted by Gasteiger charge is 2.21. The van der Waals surface area contributed by atoms with Crippen molar-refractivity contribution in [1.82, 2.24) is 19.5 Å². The quantitative estimate of drug-likeness (QED) is 0.469. The fourth-order valence-electron chi connectivity index (χ4n) is 2.35. The highest BCUT2D eigenvalue weighted by molar-refractivity contribution is 14.1. The highest BCUT2D eigenvalue weighted by Crippen LogP contribution is 2.27. The first-order valence-corrected chi connectivity index (χ1v) is 7.56. The predicted molar refractivity (Wildman–Crippen MR) is 83.8 cm³/mol. The van der Waals surface area contributed by atoms with Gasteiger partial charge in [-0.05, 0) is 28.7 Å². The molecule has 0 N–H and O–H groups in total. The van der Waals surface area contributed by atoms with E-state index in [9.17, 15) is 0 Å². The van der Waals surface area contributed by atoms with Gasteiger partial charge >= 0.3 is 0 Å². The molecular formula is C14H11IN4O2. The minimum absolute atomic E-state index is 0.256. The van der Waals surface area contributed by atoms with Crippen LogP contribution in [0.25, 0.3) is 11.2 Å². The molecule has 0 aliphatic carbocycles. The molecule has 1 unspecified atom stereocenters. The number of rotatable bonds is 1. The summed E-state index contributed by atoms with van der Waals surface area (Å²) in [5.74, 6) is 0.869. The van der Waals surface area contributed by atoms with Gasteiger partial charge in [0.1, 0.15) is 27.9 Å². The summed E-state index contributed by atoms with van der Waals surface area (Å²) in [6.45, 7) is 0.922. The van der Waals surface area contributed by atoms with E-state index in [2.05, 4.69) is 37.5 Å². The molecule has 7 heteroatoms. The molecule has 0 fully saturated rings. The first-order chi connectivity index (χ1) is 10.3. The second-order valence-electron chi connectivity index (χ2n) is 4.67. The lowest BCUT2D eigenvalue weighted by Gasteiger charge is -2.16. The van der Waals surface area contributed by atoms with Gasteiger partial charge in [-0.2, -0.15) is 0 Å². The summed E-state index contributed by atoms with van der Waals surface area (Å²) < 4.78 is 14.5. The molecule has 0 saturated carbocycles. The molecule has 1 aliphatic rings. The Labute approximate surface area is 134 Å². The molecule has 3 heterocycles. The van der Waals surface area contributed by atoms with Crippen LogP contribution in [0.3, 0.4) is 0 Å². The predicted octanol–water partition coefficient (Wildman–Crippen LogP) is 2.54. The Morgan fingerprint density at radius 3 is 3.05 bits per heavy atom. The maximum Gasteiger partial charge on any atom is 0.171 e. The fraction of sp³-hybridized carbons (Fsp3) is 0.214. The third-order valence-corrected chi connectivity index (χ3v) is 4.20. The first-order valence-electron chi connectivity index (χ1n) is 6.48. The number of fused-ring (bicyclic) bond motifs is 2. The van der Waals surface area contributed by atoms with Crippen LogP contribution < -0.4 is 4.74 Å². The lowest BCUT2D eigenvalue weighted by atomic mass is 10.2. The van der Waals surface area contributed by atoms with E-state index in [1.807, 2.05) is 28.8 Å². The van der Waals surface area contributed by atoms with Crippen LogP contribution in [0.5, 0.6) is 5.75 Å². The SMILES string of the molecule is Ic1ncnc2c1ncn2C1COc2ccccc2CO1. The molecule has 6 nitrogen and oxygen atoms in total. The molecule has 0 spiro atoms. The topological polar surface area (TPSA) is 62.1 Å². The normalized spacial score (nSPS) is 18.0. The van der Waals surface area contributed by atoms with Crippen molar-refractivity contribution in [2.75, 3.05) is 6.61 Å². The number of hydrogen-bond acceptors (Lipinski definition) is 5. The second kappa shape index (κ2) is 5.23. The minimum Gasteiger partial charge on any atom is -0.488 e. The maximum absolute atomic E-state index is 5.96. The molecule has 0 bridgehead atoms. The zero-order valence-electron chi connectivity index (χ0n) is 10.9. The number of para-hydroxylation sites is 1. The zero-order chi connectivity index (χ0) is 14.2. The monoisotopic (exact) mass is 394 g/mol. The van der Waals surface area contributed by atoms with E-state index in [4.69, 9.17) is 9.47 Å². The van der Waals surface area contributed by atoms with Gasteiger partial charge in [-0.25, -0.2) is 15.0 Å². The highest BCUT2D eigenvalue weighted by atomic mass is 127. The van der Waals surface area contributed by atoms with Gasteiger partial charge in [0.15, 0.2) is 11.9 Å². The van der Waals surface area contributed by atoms with Crippen molar-refractivity contribution in [3.63, 3.8) is 0 Å². The average molecular weight is 394 g/mol. The third kappa shape index (κ3) is 2.26. The van der Waals surface area contributed by atoms with Crippen molar-refractivity contribution in [3.05, 3.63) is 46.2 Å². The lowest BCUT2D eigenvalue weighted by molar-refractivity contribution is -0.0236. The zero-order valence-corrected chi connectivity index (χ0v) is 13.1. The Hall–Kier alpha value is -1.74. The molecule has 0 radical (unpaired) electrons. The van der Waals surface area contributed by atoms with Gasteiger partial charge < -0.3 is 9.47 Å². The van der Waals surface area contributed by atoms with E-state index in [0.29, 0.717) is 13.2 Å². The second-order valence-corrected chi connectivity index (χ2v) is 5.69.